The number of hydrogen-bond donors (Lipinski definition) is 0. The van der Waals surface area contributed by atoms with Crippen LogP contribution in [0.25, 0.3) is 6.08 Å². The predicted molar refractivity (Wildman–Crippen MR) is 105 cm³/mol. The van der Waals surface area contributed by atoms with Crippen molar-refractivity contribution in [2.45, 2.75) is 6.04 Å². The van der Waals surface area contributed by atoms with E-state index < -0.39 is 10.0 Å². The molecule has 2 aromatic rings. The van der Waals surface area contributed by atoms with Gasteiger partial charge in [-0.1, -0.05) is 60.7 Å². The lowest BCUT2D eigenvalue weighted by Gasteiger charge is -2.38. The van der Waals surface area contributed by atoms with Crippen LogP contribution < -0.4 is 0 Å². The molecule has 2 aromatic carbocycles. The minimum atomic E-state index is -3.48. The number of likely N-dealkylation sites (N-methyl/N-ethyl adjacent to an activating group) is 1. The highest BCUT2D eigenvalue weighted by molar-refractivity contribution is 7.92. The van der Waals surface area contributed by atoms with E-state index in [4.69, 9.17) is 0 Å². The van der Waals surface area contributed by atoms with E-state index in [1.54, 1.807) is 10.4 Å². The summed E-state index contributed by atoms with van der Waals surface area (Å²) >= 11 is 0. The van der Waals surface area contributed by atoms with Crippen LogP contribution in [-0.2, 0) is 10.0 Å². The Morgan fingerprint density at radius 3 is 2.20 bits per heavy atom. The molecule has 1 heterocycles. The Labute approximate surface area is 156 Å². The van der Waals surface area contributed by atoms with E-state index in [-0.39, 0.29) is 18.4 Å². The Morgan fingerprint density at radius 1 is 0.960 bits per heavy atom. The lowest BCUT2D eigenvalue weighted by molar-refractivity contribution is 0.162. The maximum atomic E-state index is 12.9. The van der Waals surface area contributed by atoms with Gasteiger partial charge in [0.2, 0.25) is 10.0 Å². The molecular weight excluding hydrogens is 356 g/mol. The molecule has 0 spiro atoms. The highest BCUT2D eigenvalue weighted by atomic mass is 35.5. The zero-order chi connectivity index (χ0) is 17.0. The number of piperazine rings is 1. The third-order valence-electron chi connectivity index (χ3n) is 4.28. The van der Waals surface area contributed by atoms with Crippen molar-refractivity contribution in [2.24, 2.45) is 0 Å². The van der Waals surface area contributed by atoms with Crippen LogP contribution in [0, 0.1) is 0 Å². The lowest BCUT2D eigenvalue weighted by atomic mass is 10.1. The van der Waals surface area contributed by atoms with Crippen LogP contribution in [0.4, 0.5) is 0 Å². The van der Waals surface area contributed by atoms with Crippen LogP contribution in [0.2, 0.25) is 0 Å². The number of halogens is 1. The molecule has 3 rings (SSSR count). The smallest absolute Gasteiger partial charge is 0.236 e. The van der Waals surface area contributed by atoms with Gasteiger partial charge in [-0.25, -0.2) is 8.42 Å². The quantitative estimate of drug-likeness (QED) is 0.818. The van der Waals surface area contributed by atoms with Crippen molar-refractivity contribution in [3.63, 3.8) is 0 Å². The fourth-order valence-electron chi connectivity index (χ4n) is 2.96. The largest absolute Gasteiger partial charge is 0.303 e. The standard InChI is InChI=1S/C19H22N2O2S.ClH/c1-20-13-14-21(19(16-20)18-10-6-3-7-11-18)24(22,23)15-12-17-8-4-2-5-9-17;/h2-12,15,19H,13-14,16H2,1H3;1H/b15-12+;. The maximum absolute atomic E-state index is 12.9. The normalized spacial score (nSPS) is 19.6. The van der Waals surface area contributed by atoms with Gasteiger partial charge in [0.25, 0.3) is 0 Å². The van der Waals surface area contributed by atoms with Crippen molar-refractivity contribution >= 4 is 28.5 Å². The Kier molecular flexibility index (Phi) is 6.79. The van der Waals surface area contributed by atoms with Crippen LogP contribution in [0.1, 0.15) is 17.2 Å². The molecule has 0 bridgehead atoms. The molecule has 0 radical (unpaired) electrons. The lowest BCUT2D eigenvalue weighted by Crippen LogP contribution is -2.48. The molecule has 0 saturated carbocycles. The number of nitrogens with zero attached hydrogens (tertiary/aromatic N) is 2. The van der Waals surface area contributed by atoms with E-state index in [1.165, 1.54) is 5.41 Å². The van der Waals surface area contributed by atoms with Gasteiger partial charge in [0.1, 0.15) is 0 Å². The van der Waals surface area contributed by atoms with Gasteiger partial charge in [-0.2, -0.15) is 4.31 Å². The van der Waals surface area contributed by atoms with Crippen molar-refractivity contribution in [3.05, 3.63) is 77.2 Å². The summed E-state index contributed by atoms with van der Waals surface area (Å²) in [6.07, 6.45) is 1.66. The number of sulfonamides is 1. The van der Waals surface area contributed by atoms with E-state index in [0.717, 1.165) is 17.7 Å². The van der Waals surface area contributed by atoms with E-state index in [2.05, 4.69) is 4.90 Å². The summed E-state index contributed by atoms with van der Waals surface area (Å²) in [6.45, 7) is 1.93. The highest BCUT2D eigenvalue weighted by Crippen LogP contribution is 2.28. The Bertz CT molecular complexity index is 795. The van der Waals surface area contributed by atoms with Gasteiger partial charge >= 0.3 is 0 Å². The van der Waals surface area contributed by atoms with Crippen molar-refractivity contribution in [1.82, 2.24) is 9.21 Å². The summed E-state index contributed by atoms with van der Waals surface area (Å²) < 4.78 is 27.4. The van der Waals surface area contributed by atoms with Crippen LogP contribution >= 0.6 is 12.4 Å². The molecule has 4 nitrogen and oxygen atoms in total. The molecule has 6 heteroatoms. The second kappa shape index (κ2) is 8.63. The maximum Gasteiger partial charge on any atom is 0.236 e. The monoisotopic (exact) mass is 378 g/mol. The van der Waals surface area contributed by atoms with E-state index in [9.17, 15) is 8.42 Å². The summed E-state index contributed by atoms with van der Waals surface area (Å²) in [5.74, 6) is 0. The van der Waals surface area contributed by atoms with Gasteiger partial charge in [-0.05, 0) is 24.3 Å². The van der Waals surface area contributed by atoms with Crippen molar-refractivity contribution in [1.29, 1.82) is 0 Å². The zero-order valence-electron chi connectivity index (χ0n) is 14.2. The fraction of sp³-hybridized carbons (Fsp3) is 0.263. The highest BCUT2D eigenvalue weighted by Gasteiger charge is 2.33. The van der Waals surface area contributed by atoms with Gasteiger partial charge in [-0.15, -0.1) is 12.4 Å². The first-order valence-electron chi connectivity index (χ1n) is 8.05. The molecule has 1 fully saturated rings. The minimum Gasteiger partial charge on any atom is -0.303 e. The Hall–Kier alpha value is -1.66. The predicted octanol–water partition coefficient (Wildman–Crippen LogP) is 3.40. The van der Waals surface area contributed by atoms with Gasteiger partial charge in [0.05, 0.1) is 6.04 Å². The average molecular weight is 379 g/mol. The molecule has 1 saturated heterocycles. The topological polar surface area (TPSA) is 40.6 Å². The molecule has 1 aliphatic rings. The van der Waals surface area contributed by atoms with E-state index in [1.807, 2.05) is 67.7 Å². The van der Waals surface area contributed by atoms with Gasteiger partial charge in [-0.3, -0.25) is 0 Å². The Morgan fingerprint density at radius 2 is 1.56 bits per heavy atom. The van der Waals surface area contributed by atoms with Crippen molar-refractivity contribution in [2.75, 3.05) is 26.7 Å². The van der Waals surface area contributed by atoms with Gasteiger partial charge < -0.3 is 4.90 Å². The average Bonchev–Trinajstić information content (AvgIpc) is 2.61. The number of benzene rings is 2. The third-order valence-corrected chi connectivity index (χ3v) is 5.85. The number of hydrogen-bond acceptors (Lipinski definition) is 3. The first-order chi connectivity index (χ1) is 11.6. The summed E-state index contributed by atoms with van der Waals surface area (Å²) in [5, 5.41) is 1.32. The molecule has 1 unspecified atom stereocenters. The molecule has 1 atom stereocenters. The molecular formula is C19H23ClN2O2S. The molecule has 25 heavy (non-hydrogen) atoms. The second-order valence-electron chi connectivity index (χ2n) is 6.06. The van der Waals surface area contributed by atoms with Crippen LogP contribution in [-0.4, -0.2) is 44.3 Å². The van der Waals surface area contributed by atoms with E-state index >= 15 is 0 Å². The summed E-state index contributed by atoms with van der Waals surface area (Å²) in [4.78, 5) is 2.17. The van der Waals surface area contributed by atoms with Crippen LogP contribution in [0.15, 0.2) is 66.1 Å². The number of rotatable bonds is 4. The van der Waals surface area contributed by atoms with E-state index in [0.29, 0.717) is 13.1 Å². The first-order valence-corrected chi connectivity index (χ1v) is 9.55. The molecule has 134 valence electrons. The first kappa shape index (κ1) is 19.7. The molecule has 0 aliphatic carbocycles. The third kappa shape index (κ3) is 4.92. The van der Waals surface area contributed by atoms with Crippen LogP contribution in [0.5, 0.6) is 0 Å². The van der Waals surface area contributed by atoms with Gasteiger partial charge in [0, 0.05) is 25.0 Å². The van der Waals surface area contributed by atoms with Crippen molar-refractivity contribution < 1.29 is 8.42 Å². The molecule has 0 N–H and O–H groups in total. The molecule has 0 amide bonds. The molecule has 1 aliphatic heterocycles. The van der Waals surface area contributed by atoms with Crippen LogP contribution in [0.3, 0.4) is 0 Å². The summed E-state index contributed by atoms with van der Waals surface area (Å²) in [6, 6.07) is 19.2. The fourth-order valence-corrected chi connectivity index (χ4v) is 4.33. The Balaban J connectivity index is 0.00000225. The van der Waals surface area contributed by atoms with Gasteiger partial charge in [0.15, 0.2) is 0 Å². The molecule has 0 aromatic heterocycles. The summed E-state index contributed by atoms with van der Waals surface area (Å²) in [7, 11) is -1.45. The second-order valence-corrected chi connectivity index (χ2v) is 7.83. The zero-order valence-corrected chi connectivity index (χ0v) is 15.8. The minimum absolute atomic E-state index is 0. The van der Waals surface area contributed by atoms with Crippen molar-refractivity contribution in [3.8, 4) is 0 Å². The summed E-state index contributed by atoms with van der Waals surface area (Å²) in [5.41, 5.74) is 1.91. The SMILES string of the molecule is CN1CCN(S(=O)(=O)/C=C/c2ccccc2)C(c2ccccc2)C1.Cl.